The van der Waals surface area contributed by atoms with Crippen LogP contribution in [-0.2, 0) is 14.3 Å². The molecule has 1 saturated carbocycles. The van der Waals surface area contributed by atoms with Crippen LogP contribution < -0.4 is 5.32 Å². The van der Waals surface area contributed by atoms with Gasteiger partial charge in [0.25, 0.3) is 0 Å². The van der Waals surface area contributed by atoms with E-state index < -0.39 is 23.8 Å². The van der Waals surface area contributed by atoms with Crippen LogP contribution in [0.2, 0.25) is 0 Å². The van der Waals surface area contributed by atoms with Gasteiger partial charge in [-0.25, -0.2) is 4.79 Å². The number of rotatable bonds is 2. The van der Waals surface area contributed by atoms with Crippen molar-refractivity contribution >= 4 is 12.1 Å². The first-order valence-corrected chi connectivity index (χ1v) is 5.98. The molecule has 0 aromatic rings. The minimum Gasteiger partial charge on any atom is -0.469 e. The molecule has 6 nitrogen and oxygen atoms in total. The van der Waals surface area contributed by atoms with Crippen molar-refractivity contribution in [3.8, 4) is 0 Å². The molecule has 1 aliphatic carbocycles. The SMILES string of the molecule is COC(=O)C1CC(O)C(NC(=O)OC(C)(C)C)C1. The van der Waals surface area contributed by atoms with Gasteiger partial charge in [0.2, 0.25) is 0 Å². The molecule has 1 amide bonds. The lowest BCUT2D eigenvalue weighted by Crippen LogP contribution is -2.42. The molecule has 0 aromatic heterocycles. The van der Waals surface area contributed by atoms with Crippen molar-refractivity contribution in [3.63, 3.8) is 0 Å². The van der Waals surface area contributed by atoms with E-state index in [1.807, 2.05) is 0 Å². The first-order chi connectivity index (χ1) is 8.23. The number of esters is 1. The molecular weight excluding hydrogens is 238 g/mol. The van der Waals surface area contributed by atoms with E-state index >= 15 is 0 Å². The lowest BCUT2D eigenvalue weighted by Gasteiger charge is -2.22. The number of ether oxygens (including phenoxy) is 2. The van der Waals surface area contributed by atoms with Gasteiger partial charge in [0.05, 0.1) is 25.2 Å². The lowest BCUT2D eigenvalue weighted by molar-refractivity contribution is -0.145. The van der Waals surface area contributed by atoms with Gasteiger partial charge in [0.15, 0.2) is 0 Å². The molecule has 2 N–H and O–H groups in total. The number of alkyl carbamates (subject to hydrolysis) is 1. The van der Waals surface area contributed by atoms with Crippen molar-refractivity contribution in [3.05, 3.63) is 0 Å². The summed E-state index contributed by atoms with van der Waals surface area (Å²) in [5.41, 5.74) is -0.588. The molecule has 0 bridgehead atoms. The first kappa shape index (κ1) is 14.8. The standard InChI is InChI=1S/C12H21NO5/c1-12(2,3)18-11(16)13-8-5-7(6-9(8)14)10(15)17-4/h7-9,14H,5-6H2,1-4H3,(H,13,16). The van der Waals surface area contributed by atoms with E-state index in [9.17, 15) is 14.7 Å². The predicted molar refractivity (Wildman–Crippen MR) is 63.9 cm³/mol. The molecule has 0 aliphatic heterocycles. The van der Waals surface area contributed by atoms with Gasteiger partial charge in [0.1, 0.15) is 5.60 Å². The summed E-state index contributed by atoms with van der Waals surface area (Å²) in [5.74, 6) is -0.729. The van der Waals surface area contributed by atoms with Gasteiger partial charge in [0, 0.05) is 0 Å². The second-order valence-corrected chi connectivity index (χ2v) is 5.51. The van der Waals surface area contributed by atoms with Crippen molar-refractivity contribution < 1.29 is 24.2 Å². The molecule has 0 saturated heterocycles. The third kappa shape index (κ3) is 4.18. The van der Waals surface area contributed by atoms with Gasteiger partial charge >= 0.3 is 12.1 Å². The summed E-state index contributed by atoms with van der Waals surface area (Å²) in [6.07, 6.45) is -0.668. The van der Waals surface area contributed by atoms with E-state index in [2.05, 4.69) is 10.1 Å². The highest BCUT2D eigenvalue weighted by molar-refractivity contribution is 5.73. The minimum absolute atomic E-state index is 0.299. The number of amides is 1. The maximum Gasteiger partial charge on any atom is 0.407 e. The van der Waals surface area contributed by atoms with E-state index in [0.717, 1.165) is 0 Å². The fourth-order valence-corrected chi connectivity index (χ4v) is 1.99. The third-order valence-electron chi connectivity index (χ3n) is 2.77. The van der Waals surface area contributed by atoms with Crippen LogP contribution in [0.4, 0.5) is 4.79 Å². The summed E-state index contributed by atoms with van der Waals surface area (Å²) >= 11 is 0. The fourth-order valence-electron chi connectivity index (χ4n) is 1.99. The number of nitrogens with one attached hydrogen (secondary N) is 1. The van der Waals surface area contributed by atoms with Gasteiger partial charge in [-0.15, -0.1) is 0 Å². The Balaban J connectivity index is 2.49. The smallest absolute Gasteiger partial charge is 0.407 e. The first-order valence-electron chi connectivity index (χ1n) is 5.98. The summed E-state index contributed by atoms with van der Waals surface area (Å²) in [4.78, 5) is 22.9. The van der Waals surface area contributed by atoms with Crippen LogP contribution in [0, 0.1) is 5.92 Å². The van der Waals surface area contributed by atoms with E-state index in [4.69, 9.17) is 4.74 Å². The van der Waals surface area contributed by atoms with Crippen LogP contribution in [0.1, 0.15) is 33.6 Å². The Hall–Kier alpha value is -1.30. The summed E-state index contributed by atoms with van der Waals surface area (Å²) < 4.78 is 9.72. The molecule has 1 fully saturated rings. The highest BCUT2D eigenvalue weighted by atomic mass is 16.6. The molecule has 3 atom stereocenters. The second-order valence-electron chi connectivity index (χ2n) is 5.51. The molecule has 1 aliphatic rings. The monoisotopic (exact) mass is 259 g/mol. The summed E-state index contributed by atoms with van der Waals surface area (Å²) in [7, 11) is 1.31. The van der Waals surface area contributed by atoms with Gasteiger partial charge in [-0.2, -0.15) is 0 Å². The van der Waals surface area contributed by atoms with Gasteiger partial charge in [-0.1, -0.05) is 0 Å². The zero-order valence-corrected chi connectivity index (χ0v) is 11.2. The molecule has 18 heavy (non-hydrogen) atoms. The van der Waals surface area contributed by atoms with Crippen LogP contribution in [0.25, 0.3) is 0 Å². The molecular formula is C12H21NO5. The maximum atomic E-state index is 11.5. The Labute approximate surface area is 107 Å². The largest absolute Gasteiger partial charge is 0.469 e. The van der Waals surface area contributed by atoms with Crippen molar-refractivity contribution in [2.75, 3.05) is 7.11 Å². The van der Waals surface area contributed by atoms with Gasteiger partial charge in [-0.3, -0.25) is 4.79 Å². The molecule has 0 aromatic carbocycles. The van der Waals surface area contributed by atoms with E-state index in [1.54, 1.807) is 20.8 Å². The number of carbonyl (C=O) groups excluding carboxylic acids is 2. The van der Waals surface area contributed by atoms with Crippen LogP contribution in [-0.4, -0.2) is 42.0 Å². The zero-order chi connectivity index (χ0) is 13.9. The summed E-state index contributed by atoms with van der Waals surface area (Å²) in [6, 6.07) is -0.469. The van der Waals surface area contributed by atoms with E-state index in [-0.39, 0.29) is 11.9 Å². The Morgan fingerprint density at radius 1 is 1.28 bits per heavy atom. The van der Waals surface area contributed by atoms with Crippen molar-refractivity contribution in [1.29, 1.82) is 0 Å². The number of carbonyl (C=O) groups is 2. The zero-order valence-electron chi connectivity index (χ0n) is 11.2. The maximum absolute atomic E-state index is 11.5. The van der Waals surface area contributed by atoms with Gasteiger partial charge < -0.3 is 19.9 Å². The number of methoxy groups -OCH3 is 1. The average molecular weight is 259 g/mol. The lowest BCUT2D eigenvalue weighted by atomic mass is 10.1. The Kier molecular flexibility index (Phi) is 4.56. The highest BCUT2D eigenvalue weighted by Gasteiger charge is 2.38. The minimum atomic E-state index is -0.749. The predicted octanol–water partition coefficient (Wildman–Crippen LogP) is 0.824. The number of hydrogen-bond donors (Lipinski definition) is 2. The molecule has 0 heterocycles. The number of aliphatic hydroxyl groups is 1. The van der Waals surface area contributed by atoms with Crippen molar-refractivity contribution in [1.82, 2.24) is 5.32 Å². The molecule has 6 heteroatoms. The van der Waals surface area contributed by atoms with Crippen LogP contribution in [0.15, 0.2) is 0 Å². The fraction of sp³-hybridized carbons (Fsp3) is 0.833. The van der Waals surface area contributed by atoms with Crippen molar-refractivity contribution in [2.45, 2.75) is 51.4 Å². The Morgan fingerprint density at radius 3 is 2.39 bits per heavy atom. The quantitative estimate of drug-likeness (QED) is 0.717. The second kappa shape index (κ2) is 5.56. The Bertz CT molecular complexity index is 323. The normalized spacial score (nSPS) is 27.7. The Morgan fingerprint density at radius 2 is 1.89 bits per heavy atom. The molecule has 0 spiro atoms. The molecule has 3 unspecified atom stereocenters. The van der Waals surface area contributed by atoms with Crippen molar-refractivity contribution in [2.24, 2.45) is 5.92 Å². The van der Waals surface area contributed by atoms with Gasteiger partial charge in [-0.05, 0) is 33.6 Å². The molecule has 1 rings (SSSR count). The van der Waals surface area contributed by atoms with E-state index in [0.29, 0.717) is 12.8 Å². The van der Waals surface area contributed by atoms with Crippen LogP contribution >= 0.6 is 0 Å². The topological polar surface area (TPSA) is 84.9 Å². The molecule has 0 radical (unpaired) electrons. The number of hydrogen-bond acceptors (Lipinski definition) is 5. The number of aliphatic hydroxyl groups excluding tert-OH is 1. The summed E-state index contributed by atoms with van der Waals surface area (Å²) in [6.45, 7) is 5.28. The van der Waals surface area contributed by atoms with Crippen LogP contribution in [0.3, 0.4) is 0 Å². The average Bonchev–Trinajstić information content (AvgIpc) is 2.56. The third-order valence-corrected chi connectivity index (χ3v) is 2.77. The van der Waals surface area contributed by atoms with E-state index in [1.165, 1.54) is 7.11 Å². The molecule has 104 valence electrons. The summed E-state index contributed by atoms with van der Waals surface area (Å²) in [5, 5.41) is 12.3. The highest BCUT2D eigenvalue weighted by Crippen LogP contribution is 2.27. The van der Waals surface area contributed by atoms with Crippen LogP contribution in [0.5, 0.6) is 0 Å².